The van der Waals surface area contributed by atoms with Gasteiger partial charge < -0.3 is 9.64 Å². The van der Waals surface area contributed by atoms with E-state index in [9.17, 15) is 13.6 Å². The molecule has 6 heteroatoms. The minimum atomic E-state index is -1.99. The molecular formula is C11H13F2NO2S. The molecule has 0 aromatic carbocycles. The number of rotatable bonds is 4. The predicted octanol–water partition coefficient (Wildman–Crippen LogP) is 3.79. The van der Waals surface area contributed by atoms with Crippen molar-refractivity contribution in [3.8, 4) is 0 Å². The number of carbonyl (C=O) groups is 1. The van der Waals surface area contributed by atoms with Gasteiger partial charge in [-0.1, -0.05) is 6.07 Å². The summed E-state index contributed by atoms with van der Waals surface area (Å²) in [7, 11) is 0. The molecule has 0 bridgehead atoms. The highest BCUT2D eigenvalue weighted by molar-refractivity contribution is 7.11. The van der Waals surface area contributed by atoms with Crippen molar-refractivity contribution in [1.82, 2.24) is 4.90 Å². The average molecular weight is 261 g/mol. The molecule has 0 radical (unpaired) electrons. The molecule has 1 aromatic rings. The number of halogens is 2. The van der Waals surface area contributed by atoms with Gasteiger partial charge in [-0.15, -0.1) is 11.3 Å². The first-order chi connectivity index (χ1) is 8.10. The van der Waals surface area contributed by atoms with Crippen LogP contribution in [-0.2, 0) is 4.74 Å². The summed E-state index contributed by atoms with van der Waals surface area (Å²) in [6.07, 6.45) is -2.75. The average Bonchev–Trinajstić information content (AvgIpc) is 2.80. The summed E-state index contributed by atoms with van der Waals surface area (Å²) >= 11 is 1.09. The van der Waals surface area contributed by atoms with Crippen LogP contribution >= 0.6 is 11.3 Å². The molecule has 0 aliphatic rings. The Morgan fingerprint density at radius 1 is 1.41 bits per heavy atom. The molecule has 1 aromatic heterocycles. The van der Waals surface area contributed by atoms with Gasteiger partial charge in [-0.25, -0.2) is 4.79 Å². The molecule has 94 valence electrons. The van der Waals surface area contributed by atoms with E-state index in [1.54, 1.807) is 25.3 Å². The van der Waals surface area contributed by atoms with Crippen molar-refractivity contribution in [2.75, 3.05) is 13.1 Å². The number of hydrogen-bond acceptors (Lipinski definition) is 3. The summed E-state index contributed by atoms with van der Waals surface area (Å²) < 4.78 is 30.1. The van der Waals surface area contributed by atoms with Crippen LogP contribution in [0, 0.1) is 0 Å². The molecule has 0 N–H and O–H groups in total. The van der Waals surface area contributed by atoms with Crippen molar-refractivity contribution in [3.05, 3.63) is 28.5 Å². The van der Waals surface area contributed by atoms with Gasteiger partial charge in [-0.2, -0.15) is 8.78 Å². The summed E-state index contributed by atoms with van der Waals surface area (Å²) in [6, 6.07) is 3.10. The number of ether oxygens (including phenoxy) is 1. The molecule has 1 amide bonds. The molecule has 0 saturated carbocycles. The van der Waals surface area contributed by atoms with Crippen LogP contribution in [0.3, 0.4) is 0 Å². The third-order valence-electron chi connectivity index (χ3n) is 2.13. The molecule has 0 atom stereocenters. The van der Waals surface area contributed by atoms with Crippen LogP contribution < -0.4 is 0 Å². The minimum absolute atomic E-state index is 0.241. The molecule has 0 aliphatic heterocycles. The summed E-state index contributed by atoms with van der Waals surface area (Å²) in [5, 5.41) is 1.64. The lowest BCUT2D eigenvalue weighted by Gasteiger charge is -2.18. The van der Waals surface area contributed by atoms with Gasteiger partial charge in [0.05, 0.1) is 4.88 Å². The Morgan fingerprint density at radius 3 is 2.47 bits per heavy atom. The standard InChI is InChI=1S/C11H13F2NO2S/c1-3-14(4-2)11(15)16-9(10(12)13)8-6-5-7-17-8/h5-7H,3-4H2,1-2H3. The Bertz CT molecular complexity index is 396. The van der Waals surface area contributed by atoms with E-state index in [2.05, 4.69) is 0 Å². The Hall–Kier alpha value is -1.43. The SMILES string of the molecule is CCN(CC)C(=O)OC(=C(F)F)c1cccs1. The Kier molecular flexibility index (Phi) is 5.09. The van der Waals surface area contributed by atoms with Gasteiger partial charge in [0, 0.05) is 13.1 Å². The Labute approximate surface area is 102 Å². The largest absolute Gasteiger partial charge is 0.415 e. The van der Waals surface area contributed by atoms with Crippen LogP contribution in [0.5, 0.6) is 0 Å². The fourth-order valence-corrected chi connectivity index (χ4v) is 1.91. The second kappa shape index (κ2) is 6.34. The third kappa shape index (κ3) is 3.52. The lowest BCUT2D eigenvalue weighted by Crippen LogP contribution is -2.30. The van der Waals surface area contributed by atoms with Crippen LogP contribution in [0.2, 0.25) is 0 Å². The normalized spacial score (nSPS) is 9.88. The highest BCUT2D eigenvalue weighted by atomic mass is 32.1. The number of nitrogens with zero attached hydrogens (tertiary/aromatic N) is 1. The summed E-state index contributed by atoms with van der Waals surface area (Å²) in [5.41, 5.74) is 0. The van der Waals surface area contributed by atoms with Gasteiger partial charge in [0.1, 0.15) is 0 Å². The van der Waals surface area contributed by atoms with Crippen molar-refractivity contribution < 1.29 is 18.3 Å². The quantitative estimate of drug-likeness (QED) is 0.772. The van der Waals surface area contributed by atoms with Crippen molar-refractivity contribution >= 4 is 23.2 Å². The fraction of sp³-hybridized carbons (Fsp3) is 0.364. The fourth-order valence-electron chi connectivity index (χ4n) is 1.22. The summed E-state index contributed by atoms with van der Waals surface area (Å²) in [5.74, 6) is -0.656. The first-order valence-corrected chi connectivity index (χ1v) is 6.04. The molecule has 1 rings (SSSR count). The van der Waals surface area contributed by atoms with Crippen molar-refractivity contribution in [3.63, 3.8) is 0 Å². The highest BCUT2D eigenvalue weighted by Crippen LogP contribution is 2.26. The van der Waals surface area contributed by atoms with Gasteiger partial charge in [-0.3, -0.25) is 0 Å². The Morgan fingerprint density at radius 2 is 2.06 bits per heavy atom. The van der Waals surface area contributed by atoms with Crippen LogP contribution in [0.15, 0.2) is 23.6 Å². The second-order valence-corrected chi connectivity index (χ2v) is 4.05. The van der Waals surface area contributed by atoms with E-state index in [0.29, 0.717) is 13.1 Å². The minimum Gasteiger partial charge on any atom is -0.403 e. The number of thiophene rings is 1. The zero-order chi connectivity index (χ0) is 12.8. The molecule has 0 saturated heterocycles. The zero-order valence-corrected chi connectivity index (χ0v) is 10.4. The van der Waals surface area contributed by atoms with E-state index in [0.717, 1.165) is 11.3 Å². The molecule has 1 heterocycles. The van der Waals surface area contributed by atoms with Crippen LogP contribution in [0.4, 0.5) is 13.6 Å². The topological polar surface area (TPSA) is 29.5 Å². The molecule has 0 unspecified atom stereocenters. The number of amides is 1. The maximum atomic E-state index is 12.7. The van der Waals surface area contributed by atoms with Gasteiger partial charge in [0.25, 0.3) is 0 Å². The van der Waals surface area contributed by atoms with Crippen molar-refractivity contribution in [2.45, 2.75) is 13.8 Å². The molecule has 0 fully saturated rings. The van der Waals surface area contributed by atoms with E-state index < -0.39 is 17.9 Å². The molecule has 17 heavy (non-hydrogen) atoms. The van der Waals surface area contributed by atoms with E-state index in [-0.39, 0.29) is 4.88 Å². The van der Waals surface area contributed by atoms with E-state index in [1.165, 1.54) is 11.0 Å². The third-order valence-corrected chi connectivity index (χ3v) is 3.00. The highest BCUT2D eigenvalue weighted by Gasteiger charge is 2.19. The first kappa shape index (κ1) is 13.6. The van der Waals surface area contributed by atoms with Gasteiger partial charge in [0.2, 0.25) is 5.76 Å². The zero-order valence-electron chi connectivity index (χ0n) is 9.57. The van der Waals surface area contributed by atoms with E-state index >= 15 is 0 Å². The first-order valence-electron chi connectivity index (χ1n) is 5.16. The molecule has 0 aliphatic carbocycles. The maximum Gasteiger partial charge on any atom is 0.415 e. The predicted molar refractivity (Wildman–Crippen MR) is 62.9 cm³/mol. The van der Waals surface area contributed by atoms with E-state index in [4.69, 9.17) is 4.74 Å². The van der Waals surface area contributed by atoms with Crippen LogP contribution in [-0.4, -0.2) is 24.1 Å². The van der Waals surface area contributed by atoms with Crippen LogP contribution in [0.25, 0.3) is 5.76 Å². The number of carbonyl (C=O) groups excluding carboxylic acids is 1. The monoisotopic (exact) mass is 261 g/mol. The van der Waals surface area contributed by atoms with Gasteiger partial charge in [-0.05, 0) is 25.3 Å². The molecule has 3 nitrogen and oxygen atoms in total. The smallest absolute Gasteiger partial charge is 0.403 e. The van der Waals surface area contributed by atoms with Gasteiger partial charge in [0.15, 0.2) is 0 Å². The van der Waals surface area contributed by atoms with Crippen LogP contribution in [0.1, 0.15) is 18.7 Å². The van der Waals surface area contributed by atoms with E-state index in [1.807, 2.05) is 0 Å². The van der Waals surface area contributed by atoms with Crippen molar-refractivity contribution in [1.29, 1.82) is 0 Å². The lowest BCUT2D eigenvalue weighted by atomic mass is 10.4. The maximum absolute atomic E-state index is 12.7. The second-order valence-electron chi connectivity index (χ2n) is 3.11. The van der Waals surface area contributed by atoms with Gasteiger partial charge >= 0.3 is 12.2 Å². The molecule has 0 spiro atoms. The summed E-state index contributed by atoms with van der Waals surface area (Å²) in [4.78, 5) is 13.1. The summed E-state index contributed by atoms with van der Waals surface area (Å²) in [6.45, 7) is 4.35. The number of hydrogen-bond donors (Lipinski definition) is 0. The lowest BCUT2D eigenvalue weighted by molar-refractivity contribution is 0.145. The van der Waals surface area contributed by atoms with Crippen molar-refractivity contribution in [2.24, 2.45) is 0 Å². The Balaban J connectivity index is 2.84. The molecular weight excluding hydrogens is 248 g/mol.